The van der Waals surface area contributed by atoms with Crippen LogP contribution in [0.4, 0.5) is 0 Å². The molecule has 0 saturated carbocycles. The molecule has 2 amide bonds. The first-order chi connectivity index (χ1) is 13.7. The predicted octanol–water partition coefficient (Wildman–Crippen LogP) is 1.57. The van der Waals surface area contributed by atoms with Crippen molar-refractivity contribution < 1.29 is 14.3 Å². The van der Waals surface area contributed by atoms with Crippen molar-refractivity contribution in [2.24, 2.45) is 0 Å². The van der Waals surface area contributed by atoms with Crippen molar-refractivity contribution in [2.45, 2.75) is 25.5 Å². The highest BCUT2D eigenvalue weighted by Gasteiger charge is 2.23. The fraction of sp³-hybridized carbons (Fsp3) is 0.300. The summed E-state index contributed by atoms with van der Waals surface area (Å²) in [6.07, 6.45) is 7.05. The standard InChI is InChI=1S/C20H21N5O3/c26-19(23-13-15-4-3-11-28-15)17-16-5-1-2-10-25(16)18(24-17)20(27)22-12-14-6-8-21-9-7-14/h1-2,5-10,15H,3-4,11-13H2,(H,22,27)(H,23,26). The summed E-state index contributed by atoms with van der Waals surface area (Å²) < 4.78 is 7.16. The molecule has 1 aliphatic rings. The number of nitrogens with one attached hydrogen (secondary N) is 2. The molecule has 4 heterocycles. The summed E-state index contributed by atoms with van der Waals surface area (Å²) in [6.45, 7) is 1.52. The third kappa shape index (κ3) is 3.86. The molecule has 3 aromatic heterocycles. The Hall–Kier alpha value is -3.26. The van der Waals surface area contributed by atoms with Crippen LogP contribution in [-0.2, 0) is 11.3 Å². The minimum absolute atomic E-state index is 0.0426. The first kappa shape index (κ1) is 18.1. The molecule has 1 atom stereocenters. The SMILES string of the molecule is O=C(NCC1CCCO1)c1nc(C(=O)NCc2ccncc2)n2ccccc12. The summed E-state index contributed by atoms with van der Waals surface area (Å²) >= 11 is 0. The number of imidazole rings is 1. The lowest BCUT2D eigenvalue weighted by atomic mass is 10.2. The van der Waals surface area contributed by atoms with Crippen molar-refractivity contribution in [3.63, 3.8) is 0 Å². The number of aromatic nitrogens is 3. The number of nitrogens with zero attached hydrogens (tertiary/aromatic N) is 3. The third-order valence-electron chi connectivity index (χ3n) is 4.68. The fourth-order valence-corrected chi connectivity index (χ4v) is 3.22. The summed E-state index contributed by atoms with van der Waals surface area (Å²) in [4.78, 5) is 33.6. The molecule has 4 rings (SSSR count). The first-order valence-corrected chi connectivity index (χ1v) is 9.26. The Morgan fingerprint density at radius 3 is 2.79 bits per heavy atom. The topological polar surface area (TPSA) is 97.6 Å². The summed E-state index contributed by atoms with van der Waals surface area (Å²) in [6, 6.07) is 9.03. The van der Waals surface area contributed by atoms with Crippen molar-refractivity contribution in [1.82, 2.24) is 25.0 Å². The predicted molar refractivity (Wildman–Crippen MR) is 102 cm³/mol. The van der Waals surface area contributed by atoms with Crippen LogP contribution >= 0.6 is 0 Å². The van der Waals surface area contributed by atoms with Gasteiger partial charge in [-0.05, 0) is 42.7 Å². The smallest absolute Gasteiger partial charge is 0.287 e. The Labute approximate surface area is 161 Å². The highest BCUT2D eigenvalue weighted by molar-refractivity contribution is 6.02. The van der Waals surface area contributed by atoms with E-state index >= 15 is 0 Å². The summed E-state index contributed by atoms with van der Waals surface area (Å²) in [5, 5.41) is 5.70. The van der Waals surface area contributed by atoms with E-state index in [4.69, 9.17) is 4.74 Å². The second-order valence-corrected chi connectivity index (χ2v) is 6.62. The molecule has 8 heteroatoms. The maximum absolute atomic E-state index is 12.7. The Balaban J connectivity index is 1.52. The summed E-state index contributed by atoms with van der Waals surface area (Å²) in [5.41, 5.74) is 1.74. The lowest BCUT2D eigenvalue weighted by Gasteiger charge is -2.09. The van der Waals surface area contributed by atoms with E-state index in [1.54, 1.807) is 35.1 Å². The Kier molecular flexibility index (Phi) is 5.29. The number of ether oxygens (including phenoxy) is 1. The van der Waals surface area contributed by atoms with Gasteiger partial charge in [-0.1, -0.05) is 6.07 Å². The van der Waals surface area contributed by atoms with Gasteiger partial charge in [-0.25, -0.2) is 4.98 Å². The van der Waals surface area contributed by atoms with Gasteiger partial charge in [-0.2, -0.15) is 0 Å². The average Bonchev–Trinajstić information content (AvgIpc) is 3.39. The Morgan fingerprint density at radius 2 is 2.00 bits per heavy atom. The molecule has 1 aliphatic heterocycles. The molecule has 3 aromatic rings. The number of carbonyl (C=O) groups excluding carboxylic acids is 2. The molecular formula is C20H21N5O3. The van der Waals surface area contributed by atoms with E-state index in [0.29, 0.717) is 18.6 Å². The van der Waals surface area contributed by atoms with Gasteiger partial charge < -0.3 is 15.4 Å². The van der Waals surface area contributed by atoms with Crippen LogP contribution in [0.15, 0.2) is 48.9 Å². The molecule has 0 aromatic carbocycles. The largest absolute Gasteiger partial charge is 0.376 e. The normalized spacial score (nSPS) is 16.2. The number of rotatable bonds is 6. The molecule has 2 N–H and O–H groups in total. The van der Waals surface area contributed by atoms with Crippen LogP contribution in [0.5, 0.6) is 0 Å². The van der Waals surface area contributed by atoms with Gasteiger partial charge in [-0.3, -0.25) is 19.0 Å². The first-order valence-electron chi connectivity index (χ1n) is 9.26. The van der Waals surface area contributed by atoms with Gasteiger partial charge in [0.2, 0.25) is 5.82 Å². The molecule has 1 saturated heterocycles. The van der Waals surface area contributed by atoms with Crippen LogP contribution < -0.4 is 10.6 Å². The summed E-state index contributed by atoms with van der Waals surface area (Å²) in [5.74, 6) is -0.490. The number of hydrogen-bond acceptors (Lipinski definition) is 5. The molecule has 0 spiro atoms. The molecular weight excluding hydrogens is 358 g/mol. The van der Waals surface area contributed by atoms with Gasteiger partial charge in [-0.15, -0.1) is 0 Å². The molecule has 1 fully saturated rings. The maximum Gasteiger partial charge on any atom is 0.287 e. The van der Waals surface area contributed by atoms with Gasteiger partial charge in [0, 0.05) is 38.3 Å². The zero-order valence-corrected chi connectivity index (χ0v) is 15.3. The maximum atomic E-state index is 12.7. The van der Waals surface area contributed by atoms with E-state index in [2.05, 4.69) is 20.6 Å². The van der Waals surface area contributed by atoms with E-state index < -0.39 is 0 Å². The van der Waals surface area contributed by atoms with Gasteiger partial charge in [0.25, 0.3) is 11.8 Å². The van der Waals surface area contributed by atoms with Crippen LogP contribution in [0.25, 0.3) is 5.52 Å². The minimum atomic E-state index is -0.351. The van der Waals surface area contributed by atoms with Gasteiger partial charge in [0.05, 0.1) is 11.6 Å². The lowest BCUT2D eigenvalue weighted by molar-refractivity contribution is 0.0855. The highest BCUT2D eigenvalue weighted by Crippen LogP contribution is 2.15. The highest BCUT2D eigenvalue weighted by atomic mass is 16.5. The monoisotopic (exact) mass is 379 g/mol. The molecule has 0 radical (unpaired) electrons. The van der Waals surface area contributed by atoms with Crippen LogP contribution in [0, 0.1) is 0 Å². The number of carbonyl (C=O) groups is 2. The van der Waals surface area contributed by atoms with E-state index in [0.717, 1.165) is 25.0 Å². The quantitative estimate of drug-likeness (QED) is 0.678. The van der Waals surface area contributed by atoms with E-state index in [-0.39, 0.29) is 29.4 Å². The molecule has 8 nitrogen and oxygen atoms in total. The fourth-order valence-electron chi connectivity index (χ4n) is 3.22. The molecule has 144 valence electrons. The molecule has 0 bridgehead atoms. The Bertz CT molecular complexity index is 980. The number of amides is 2. The van der Waals surface area contributed by atoms with Crippen molar-refractivity contribution in [3.05, 3.63) is 66.0 Å². The third-order valence-corrected chi connectivity index (χ3v) is 4.68. The Morgan fingerprint density at radius 1 is 1.14 bits per heavy atom. The summed E-state index contributed by atoms with van der Waals surface area (Å²) in [7, 11) is 0. The minimum Gasteiger partial charge on any atom is -0.376 e. The average molecular weight is 379 g/mol. The van der Waals surface area contributed by atoms with Gasteiger partial charge in [0.1, 0.15) is 0 Å². The van der Waals surface area contributed by atoms with Crippen molar-refractivity contribution in [3.8, 4) is 0 Å². The lowest BCUT2D eigenvalue weighted by Crippen LogP contribution is -2.32. The van der Waals surface area contributed by atoms with E-state index in [1.165, 1.54) is 0 Å². The van der Waals surface area contributed by atoms with E-state index in [9.17, 15) is 9.59 Å². The van der Waals surface area contributed by atoms with Crippen LogP contribution in [-0.4, -0.2) is 45.4 Å². The zero-order valence-electron chi connectivity index (χ0n) is 15.3. The van der Waals surface area contributed by atoms with E-state index in [1.807, 2.05) is 18.2 Å². The van der Waals surface area contributed by atoms with Crippen LogP contribution in [0.1, 0.15) is 39.5 Å². The van der Waals surface area contributed by atoms with Crippen molar-refractivity contribution in [2.75, 3.05) is 13.2 Å². The number of hydrogen-bond donors (Lipinski definition) is 2. The van der Waals surface area contributed by atoms with Crippen LogP contribution in [0.3, 0.4) is 0 Å². The second kappa shape index (κ2) is 8.18. The van der Waals surface area contributed by atoms with Crippen LogP contribution in [0.2, 0.25) is 0 Å². The van der Waals surface area contributed by atoms with Crippen molar-refractivity contribution in [1.29, 1.82) is 0 Å². The van der Waals surface area contributed by atoms with Gasteiger partial charge in [0.15, 0.2) is 5.69 Å². The number of pyridine rings is 2. The molecule has 0 aliphatic carbocycles. The second-order valence-electron chi connectivity index (χ2n) is 6.62. The van der Waals surface area contributed by atoms with Crippen molar-refractivity contribution >= 4 is 17.3 Å². The number of fused-ring (bicyclic) bond motifs is 1. The zero-order chi connectivity index (χ0) is 19.3. The van der Waals surface area contributed by atoms with Gasteiger partial charge >= 0.3 is 0 Å². The molecule has 1 unspecified atom stereocenters. The molecule has 28 heavy (non-hydrogen) atoms.